The van der Waals surface area contributed by atoms with Gasteiger partial charge in [-0.1, -0.05) is 5.92 Å². The second kappa shape index (κ2) is 7.67. The minimum atomic E-state index is -0.476. The van der Waals surface area contributed by atoms with Gasteiger partial charge in [-0.3, -0.25) is 0 Å². The van der Waals surface area contributed by atoms with E-state index in [9.17, 15) is 9.59 Å². The van der Waals surface area contributed by atoms with Gasteiger partial charge in [-0.2, -0.15) is 0 Å². The van der Waals surface area contributed by atoms with Crippen LogP contribution in [0.2, 0.25) is 0 Å². The van der Waals surface area contributed by atoms with Gasteiger partial charge in [0.15, 0.2) is 0 Å². The van der Waals surface area contributed by atoms with Gasteiger partial charge in [0.1, 0.15) is 11.3 Å². The molecule has 0 aromatic carbocycles. The van der Waals surface area contributed by atoms with Crippen molar-refractivity contribution in [3.63, 3.8) is 0 Å². The largest absolute Gasteiger partial charge is 0.464 e. The summed E-state index contributed by atoms with van der Waals surface area (Å²) in [5, 5.41) is 2.05. The van der Waals surface area contributed by atoms with E-state index in [1.54, 1.807) is 10.3 Å². The average Bonchev–Trinajstić information content (AvgIpc) is 3.00. The van der Waals surface area contributed by atoms with Gasteiger partial charge in [0.25, 0.3) is 0 Å². The van der Waals surface area contributed by atoms with Gasteiger partial charge in [0, 0.05) is 24.4 Å². The smallest absolute Gasteiger partial charge is 0.410 e. The number of likely N-dealkylation sites (tertiary alicyclic amines) is 1. The summed E-state index contributed by atoms with van der Waals surface area (Å²) in [7, 11) is 1.33. The lowest BCUT2D eigenvalue weighted by Gasteiger charge is -2.31. The first-order chi connectivity index (χ1) is 11.3. The maximum atomic E-state index is 12.0. The average molecular weight is 350 g/mol. The molecule has 0 radical (unpaired) electrons. The molecular formula is C17H22N2O4S. The lowest BCUT2D eigenvalue weighted by molar-refractivity contribution is 0.0199. The normalized spacial score (nSPS) is 15.4. The van der Waals surface area contributed by atoms with E-state index in [0.29, 0.717) is 23.8 Å². The highest BCUT2D eigenvalue weighted by molar-refractivity contribution is 7.11. The van der Waals surface area contributed by atoms with E-state index >= 15 is 0 Å². The quantitative estimate of drug-likeness (QED) is 0.575. The highest BCUT2D eigenvalue weighted by Crippen LogP contribution is 2.19. The standard InChI is InChI=1S/C17H22N2O4S/c1-17(2,3)23-16(21)19-9-7-12(8-10-19)5-6-13-11-24-14(18-13)15(20)22-4/h11-12H,7-10H2,1-4H3. The van der Waals surface area contributed by atoms with Crippen LogP contribution in [0.4, 0.5) is 4.79 Å². The molecule has 0 atom stereocenters. The summed E-state index contributed by atoms with van der Waals surface area (Å²) in [6.45, 7) is 6.86. The Hall–Kier alpha value is -2.07. The number of esters is 1. The molecule has 1 aromatic rings. The molecule has 1 aliphatic rings. The number of rotatable bonds is 1. The zero-order chi connectivity index (χ0) is 17.7. The Kier molecular flexibility index (Phi) is 5.84. The molecule has 0 saturated carbocycles. The van der Waals surface area contributed by atoms with Crippen molar-refractivity contribution in [3.05, 3.63) is 16.1 Å². The molecule has 2 rings (SSSR count). The Bertz CT molecular complexity index is 658. The van der Waals surface area contributed by atoms with Crippen LogP contribution < -0.4 is 0 Å². The van der Waals surface area contributed by atoms with E-state index in [1.807, 2.05) is 20.8 Å². The third kappa shape index (κ3) is 5.24. The van der Waals surface area contributed by atoms with Crippen molar-refractivity contribution < 1.29 is 19.1 Å². The van der Waals surface area contributed by atoms with Crippen LogP contribution in [0.3, 0.4) is 0 Å². The fourth-order valence-electron chi connectivity index (χ4n) is 2.22. The zero-order valence-electron chi connectivity index (χ0n) is 14.4. The van der Waals surface area contributed by atoms with Crippen molar-refractivity contribution >= 4 is 23.4 Å². The number of piperidine rings is 1. The Labute approximate surface area is 146 Å². The van der Waals surface area contributed by atoms with Crippen molar-refractivity contribution in [2.75, 3.05) is 20.2 Å². The number of thiazole rings is 1. The van der Waals surface area contributed by atoms with Gasteiger partial charge in [0.2, 0.25) is 5.01 Å². The van der Waals surface area contributed by atoms with Gasteiger partial charge in [-0.05, 0) is 39.5 Å². The van der Waals surface area contributed by atoms with Gasteiger partial charge in [0.05, 0.1) is 7.11 Å². The Morgan fingerprint density at radius 1 is 1.33 bits per heavy atom. The number of hydrogen-bond acceptors (Lipinski definition) is 6. The number of amides is 1. The molecule has 1 amide bonds. The van der Waals surface area contributed by atoms with Crippen molar-refractivity contribution in [2.24, 2.45) is 5.92 Å². The number of ether oxygens (including phenoxy) is 2. The number of hydrogen-bond donors (Lipinski definition) is 0. The number of carbonyl (C=O) groups excluding carboxylic acids is 2. The van der Waals surface area contributed by atoms with Crippen LogP contribution >= 0.6 is 11.3 Å². The van der Waals surface area contributed by atoms with E-state index in [4.69, 9.17) is 4.74 Å². The second-order valence-corrected chi connectivity index (χ2v) is 7.40. The van der Waals surface area contributed by atoms with Crippen molar-refractivity contribution in [1.29, 1.82) is 0 Å². The maximum absolute atomic E-state index is 12.0. The van der Waals surface area contributed by atoms with E-state index in [1.165, 1.54) is 18.4 Å². The van der Waals surface area contributed by atoms with Crippen LogP contribution in [-0.2, 0) is 9.47 Å². The molecule has 2 heterocycles. The third-order valence-electron chi connectivity index (χ3n) is 3.42. The summed E-state index contributed by atoms with van der Waals surface area (Å²) in [5.41, 5.74) is 0.102. The summed E-state index contributed by atoms with van der Waals surface area (Å²) in [4.78, 5) is 29.2. The molecule has 1 aliphatic heterocycles. The highest BCUT2D eigenvalue weighted by Gasteiger charge is 2.26. The molecule has 7 heteroatoms. The van der Waals surface area contributed by atoms with E-state index in [2.05, 4.69) is 21.6 Å². The van der Waals surface area contributed by atoms with Gasteiger partial charge in [-0.15, -0.1) is 11.3 Å². The molecule has 0 unspecified atom stereocenters. The first-order valence-corrected chi connectivity index (χ1v) is 8.70. The number of carbonyl (C=O) groups is 2. The molecular weight excluding hydrogens is 328 g/mol. The molecule has 24 heavy (non-hydrogen) atoms. The minimum absolute atomic E-state index is 0.215. The fourth-order valence-corrected chi connectivity index (χ4v) is 2.89. The Morgan fingerprint density at radius 2 is 2.00 bits per heavy atom. The summed E-state index contributed by atoms with van der Waals surface area (Å²) in [6, 6.07) is 0. The SMILES string of the molecule is COC(=O)c1nc(C#CC2CCN(C(=O)OC(C)(C)C)CC2)cs1. The third-order valence-corrected chi connectivity index (χ3v) is 4.24. The molecule has 1 saturated heterocycles. The van der Waals surface area contributed by atoms with Crippen LogP contribution in [-0.4, -0.2) is 47.7 Å². The molecule has 1 aromatic heterocycles. The number of methoxy groups -OCH3 is 1. The summed E-state index contributed by atoms with van der Waals surface area (Å²) in [5.74, 6) is 5.95. The van der Waals surface area contributed by atoms with Crippen LogP contribution in [0.1, 0.15) is 49.1 Å². The molecule has 0 N–H and O–H groups in total. The van der Waals surface area contributed by atoms with Gasteiger partial charge in [-0.25, -0.2) is 14.6 Å². The monoisotopic (exact) mass is 350 g/mol. The topological polar surface area (TPSA) is 68.7 Å². The van der Waals surface area contributed by atoms with Gasteiger partial charge < -0.3 is 14.4 Å². The van der Waals surface area contributed by atoms with Crippen molar-refractivity contribution in [2.45, 2.75) is 39.2 Å². The fraction of sp³-hybridized carbons (Fsp3) is 0.588. The second-order valence-electron chi connectivity index (χ2n) is 6.54. The summed E-state index contributed by atoms with van der Waals surface area (Å²) >= 11 is 1.22. The zero-order valence-corrected chi connectivity index (χ0v) is 15.2. The number of nitrogens with zero attached hydrogens (tertiary/aromatic N) is 2. The van der Waals surface area contributed by atoms with Gasteiger partial charge >= 0.3 is 12.1 Å². The number of aromatic nitrogens is 1. The summed E-state index contributed by atoms with van der Waals surface area (Å²) < 4.78 is 10.0. The van der Waals surface area contributed by atoms with E-state index in [0.717, 1.165) is 12.8 Å². The van der Waals surface area contributed by atoms with Crippen LogP contribution in [0.5, 0.6) is 0 Å². The highest BCUT2D eigenvalue weighted by atomic mass is 32.1. The maximum Gasteiger partial charge on any atom is 0.410 e. The molecule has 0 spiro atoms. The van der Waals surface area contributed by atoms with Crippen LogP contribution in [0.15, 0.2) is 5.38 Å². The Balaban J connectivity index is 1.86. The Morgan fingerprint density at radius 3 is 2.58 bits per heavy atom. The minimum Gasteiger partial charge on any atom is -0.464 e. The van der Waals surface area contributed by atoms with Crippen molar-refractivity contribution in [1.82, 2.24) is 9.88 Å². The van der Waals surface area contributed by atoms with Crippen molar-refractivity contribution in [3.8, 4) is 11.8 Å². The first kappa shape index (κ1) is 18.3. The van der Waals surface area contributed by atoms with Crippen LogP contribution in [0, 0.1) is 17.8 Å². The van der Waals surface area contributed by atoms with Crippen LogP contribution in [0.25, 0.3) is 0 Å². The van der Waals surface area contributed by atoms with E-state index < -0.39 is 11.6 Å². The molecule has 1 fully saturated rings. The lowest BCUT2D eigenvalue weighted by atomic mass is 9.97. The molecule has 130 valence electrons. The first-order valence-electron chi connectivity index (χ1n) is 7.82. The summed E-state index contributed by atoms with van der Waals surface area (Å²) in [6.07, 6.45) is 1.34. The van der Waals surface area contributed by atoms with E-state index in [-0.39, 0.29) is 12.0 Å². The molecule has 0 bridgehead atoms. The molecule has 6 nitrogen and oxygen atoms in total. The predicted molar refractivity (Wildman–Crippen MR) is 90.9 cm³/mol. The molecule has 0 aliphatic carbocycles. The lowest BCUT2D eigenvalue weighted by Crippen LogP contribution is -2.41. The predicted octanol–water partition coefficient (Wildman–Crippen LogP) is 2.93.